The fourth-order valence-electron chi connectivity index (χ4n) is 2.18. The lowest BCUT2D eigenvalue weighted by molar-refractivity contribution is -0.145. The van der Waals surface area contributed by atoms with Crippen LogP contribution < -0.4 is 9.44 Å². The molecule has 0 radical (unpaired) electrons. The molecule has 0 saturated heterocycles. The number of hydrogen-bond donors (Lipinski definition) is 3. The van der Waals surface area contributed by atoms with E-state index in [1.807, 2.05) is 13.8 Å². The second-order valence-electron chi connectivity index (χ2n) is 5.92. The molecule has 0 unspecified atom stereocenters. The Morgan fingerprint density at radius 3 is 2.32 bits per heavy atom. The number of hydrogen-bond acceptors (Lipinski definition) is 3. The van der Waals surface area contributed by atoms with E-state index in [1.165, 1.54) is 0 Å². The van der Waals surface area contributed by atoms with E-state index in [9.17, 15) is 18.3 Å². The summed E-state index contributed by atoms with van der Waals surface area (Å²) in [6.45, 7) is 6.12. The van der Waals surface area contributed by atoms with Gasteiger partial charge in [-0.15, -0.1) is 0 Å². The molecule has 0 spiro atoms. The maximum Gasteiger partial charge on any atom is 0.324 e. The highest BCUT2D eigenvalue weighted by Crippen LogP contribution is 2.32. The quantitative estimate of drug-likeness (QED) is 0.683. The van der Waals surface area contributed by atoms with E-state index in [1.54, 1.807) is 0 Å². The first kappa shape index (κ1) is 16.4. The topological polar surface area (TPSA) is 95.5 Å². The van der Waals surface area contributed by atoms with Crippen LogP contribution in [0.5, 0.6) is 0 Å². The first-order chi connectivity index (χ1) is 8.67. The third-order valence-electron chi connectivity index (χ3n) is 3.55. The zero-order valence-electron chi connectivity index (χ0n) is 11.8. The molecule has 1 aliphatic rings. The van der Waals surface area contributed by atoms with Gasteiger partial charge in [0, 0.05) is 6.54 Å². The van der Waals surface area contributed by atoms with E-state index < -0.39 is 21.7 Å². The minimum atomic E-state index is -3.78. The Morgan fingerprint density at radius 1 is 1.37 bits per heavy atom. The minimum Gasteiger partial charge on any atom is -0.480 e. The molecule has 1 aliphatic carbocycles. The van der Waals surface area contributed by atoms with Gasteiger partial charge in [-0.1, -0.05) is 20.8 Å². The molecule has 6 nitrogen and oxygen atoms in total. The van der Waals surface area contributed by atoms with Crippen LogP contribution >= 0.6 is 0 Å². The van der Waals surface area contributed by atoms with E-state index in [-0.39, 0.29) is 5.92 Å². The lowest BCUT2D eigenvalue weighted by Crippen LogP contribution is -2.58. The van der Waals surface area contributed by atoms with Crippen LogP contribution in [0.25, 0.3) is 0 Å². The zero-order chi connectivity index (χ0) is 14.7. The monoisotopic (exact) mass is 292 g/mol. The predicted octanol–water partition coefficient (Wildman–Crippen LogP) is 1.10. The van der Waals surface area contributed by atoms with Gasteiger partial charge in [0.25, 0.3) is 10.2 Å². The van der Waals surface area contributed by atoms with Gasteiger partial charge >= 0.3 is 5.97 Å². The lowest BCUT2D eigenvalue weighted by Gasteiger charge is -2.36. The van der Waals surface area contributed by atoms with Crippen molar-refractivity contribution in [3.05, 3.63) is 0 Å². The standard InChI is InChI=1S/C12H24N2O4S/c1-9(2)8-13-19(17,18)14-12(11(15)16)6-4-10(3)5-7-12/h9-10,13-14H,4-8H2,1-3H3,(H,15,16). The molecule has 3 N–H and O–H groups in total. The second kappa shape index (κ2) is 6.19. The molecule has 0 heterocycles. The normalized spacial score (nSPS) is 28.5. The van der Waals surface area contributed by atoms with Crippen molar-refractivity contribution >= 4 is 16.2 Å². The fraction of sp³-hybridized carbons (Fsp3) is 0.917. The SMILES string of the molecule is CC(C)CNS(=O)(=O)NC1(C(=O)O)CCC(C)CC1. The summed E-state index contributed by atoms with van der Waals surface area (Å²) >= 11 is 0. The Balaban J connectivity index is 2.76. The summed E-state index contributed by atoms with van der Waals surface area (Å²) in [5.74, 6) is -0.473. The van der Waals surface area contributed by atoms with Gasteiger partial charge < -0.3 is 5.11 Å². The minimum absolute atomic E-state index is 0.170. The molecule has 1 fully saturated rings. The first-order valence-electron chi connectivity index (χ1n) is 6.69. The third-order valence-corrected chi connectivity index (χ3v) is 4.75. The molecule has 1 rings (SSSR count). The molecule has 0 bridgehead atoms. The largest absolute Gasteiger partial charge is 0.480 e. The highest BCUT2D eigenvalue weighted by Gasteiger charge is 2.44. The van der Waals surface area contributed by atoms with Crippen LogP contribution in [0.3, 0.4) is 0 Å². The van der Waals surface area contributed by atoms with Crippen LogP contribution in [0.1, 0.15) is 46.5 Å². The van der Waals surface area contributed by atoms with E-state index in [0.717, 1.165) is 12.8 Å². The van der Waals surface area contributed by atoms with Crippen molar-refractivity contribution in [2.24, 2.45) is 11.8 Å². The molecule has 7 heteroatoms. The van der Waals surface area contributed by atoms with Crippen molar-refractivity contribution in [3.8, 4) is 0 Å². The number of carbonyl (C=O) groups is 1. The zero-order valence-corrected chi connectivity index (χ0v) is 12.6. The molecular formula is C12H24N2O4S. The van der Waals surface area contributed by atoms with E-state index in [2.05, 4.69) is 16.4 Å². The maximum atomic E-state index is 11.9. The molecule has 112 valence electrons. The van der Waals surface area contributed by atoms with Gasteiger partial charge in [0.1, 0.15) is 5.54 Å². The molecule has 0 aromatic carbocycles. The number of rotatable bonds is 6. The summed E-state index contributed by atoms with van der Waals surface area (Å²) in [6, 6.07) is 0. The number of nitrogens with one attached hydrogen (secondary N) is 2. The Hall–Kier alpha value is -0.660. The highest BCUT2D eigenvalue weighted by atomic mass is 32.2. The lowest BCUT2D eigenvalue weighted by atomic mass is 9.78. The van der Waals surface area contributed by atoms with Crippen molar-refractivity contribution in [3.63, 3.8) is 0 Å². The van der Waals surface area contributed by atoms with Gasteiger partial charge in [0.05, 0.1) is 0 Å². The van der Waals surface area contributed by atoms with E-state index in [4.69, 9.17) is 0 Å². The number of carboxylic acid groups (broad SMARTS) is 1. The van der Waals surface area contributed by atoms with Gasteiger partial charge in [-0.3, -0.25) is 4.79 Å². The number of aliphatic carboxylic acids is 1. The summed E-state index contributed by atoms with van der Waals surface area (Å²) in [4.78, 5) is 11.4. The Kier molecular flexibility index (Phi) is 5.34. The predicted molar refractivity (Wildman–Crippen MR) is 72.9 cm³/mol. The summed E-state index contributed by atoms with van der Waals surface area (Å²) in [5, 5.41) is 9.36. The van der Waals surface area contributed by atoms with Crippen LogP contribution in [-0.4, -0.2) is 31.6 Å². The maximum absolute atomic E-state index is 11.9. The molecule has 0 aromatic heterocycles. The van der Waals surface area contributed by atoms with Crippen molar-refractivity contribution in [2.75, 3.05) is 6.54 Å². The van der Waals surface area contributed by atoms with Crippen LogP contribution in [-0.2, 0) is 15.0 Å². The van der Waals surface area contributed by atoms with Crippen LogP contribution in [0, 0.1) is 11.8 Å². The van der Waals surface area contributed by atoms with Gasteiger partial charge in [0.15, 0.2) is 0 Å². The molecule has 1 saturated carbocycles. The third kappa shape index (κ3) is 4.74. The van der Waals surface area contributed by atoms with Crippen molar-refractivity contribution in [1.82, 2.24) is 9.44 Å². The molecule has 0 atom stereocenters. The Labute approximate surface area is 115 Å². The van der Waals surface area contributed by atoms with Crippen LogP contribution in [0.15, 0.2) is 0 Å². The van der Waals surface area contributed by atoms with Crippen molar-refractivity contribution < 1.29 is 18.3 Å². The van der Waals surface area contributed by atoms with Crippen molar-refractivity contribution in [2.45, 2.75) is 52.0 Å². The van der Waals surface area contributed by atoms with E-state index in [0.29, 0.717) is 25.3 Å². The van der Waals surface area contributed by atoms with Gasteiger partial charge in [-0.05, 0) is 37.5 Å². The van der Waals surface area contributed by atoms with Crippen LogP contribution in [0.4, 0.5) is 0 Å². The van der Waals surface area contributed by atoms with E-state index >= 15 is 0 Å². The van der Waals surface area contributed by atoms with Gasteiger partial charge in [0.2, 0.25) is 0 Å². The fourth-order valence-corrected chi connectivity index (χ4v) is 3.61. The highest BCUT2D eigenvalue weighted by molar-refractivity contribution is 7.87. The first-order valence-corrected chi connectivity index (χ1v) is 8.17. The summed E-state index contributed by atoms with van der Waals surface area (Å²) in [7, 11) is -3.78. The van der Waals surface area contributed by atoms with Crippen molar-refractivity contribution in [1.29, 1.82) is 0 Å². The summed E-state index contributed by atoms with van der Waals surface area (Å²) in [5.41, 5.74) is -1.35. The molecule has 0 aliphatic heterocycles. The average molecular weight is 292 g/mol. The average Bonchev–Trinajstić information content (AvgIpc) is 2.29. The van der Waals surface area contributed by atoms with Gasteiger partial charge in [-0.2, -0.15) is 13.1 Å². The van der Waals surface area contributed by atoms with Crippen LogP contribution in [0.2, 0.25) is 0 Å². The Morgan fingerprint density at radius 2 is 1.89 bits per heavy atom. The molecule has 0 aromatic rings. The smallest absolute Gasteiger partial charge is 0.324 e. The summed E-state index contributed by atoms with van der Waals surface area (Å²) in [6.07, 6.45) is 2.12. The number of carboxylic acids is 1. The second-order valence-corrected chi connectivity index (χ2v) is 7.42. The summed E-state index contributed by atoms with van der Waals surface area (Å²) < 4.78 is 28.6. The molecule has 0 amide bonds. The molecular weight excluding hydrogens is 268 g/mol. The molecule has 19 heavy (non-hydrogen) atoms. The Bertz CT molecular complexity index is 411. The van der Waals surface area contributed by atoms with Gasteiger partial charge in [-0.25, -0.2) is 4.72 Å².